The van der Waals surface area contributed by atoms with Crippen LogP contribution >= 0.6 is 0 Å². The molecule has 3 aromatic rings. The van der Waals surface area contributed by atoms with E-state index in [0.29, 0.717) is 6.54 Å². The van der Waals surface area contributed by atoms with E-state index in [-0.39, 0.29) is 11.7 Å². The summed E-state index contributed by atoms with van der Waals surface area (Å²) in [4.78, 5) is 19.5. The maximum absolute atomic E-state index is 12.7. The summed E-state index contributed by atoms with van der Waals surface area (Å²) in [5.74, 6) is 1.83. The number of piperidine rings is 1. The molecule has 1 aromatic heterocycles. The Balaban J connectivity index is 1.35. The molecule has 0 atom stereocenters. The summed E-state index contributed by atoms with van der Waals surface area (Å²) in [7, 11) is 1.63. The second-order valence-electron chi connectivity index (χ2n) is 6.72. The summed E-state index contributed by atoms with van der Waals surface area (Å²) < 4.78 is 11.0. The first-order chi connectivity index (χ1) is 12.7. The van der Waals surface area contributed by atoms with Gasteiger partial charge in [0.1, 0.15) is 11.3 Å². The number of rotatable bonds is 5. The summed E-state index contributed by atoms with van der Waals surface area (Å²) in [5.41, 5.74) is 2.49. The number of benzene rings is 2. The number of ether oxygens (including phenoxy) is 1. The standard InChI is InChI=1S/C21H22N2O3/c1-25-17-8-6-15(7-9-17)21(24)16-10-12-23(13-11-16)14-20-22-18-4-2-3-5-19(18)26-20/h2-9,16H,10-14H2,1H3. The monoisotopic (exact) mass is 350 g/mol. The lowest BCUT2D eigenvalue weighted by Crippen LogP contribution is -2.36. The summed E-state index contributed by atoms with van der Waals surface area (Å²) in [6, 6.07) is 15.2. The Morgan fingerprint density at radius 3 is 2.58 bits per heavy atom. The van der Waals surface area contributed by atoms with Crippen LogP contribution in [0, 0.1) is 5.92 Å². The number of hydrogen-bond donors (Lipinski definition) is 0. The molecule has 0 spiro atoms. The van der Waals surface area contributed by atoms with Gasteiger partial charge in [-0.1, -0.05) is 12.1 Å². The van der Waals surface area contributed by atoms with Gasteiger partial charge in [0.15, 0.2) is 11.4 Å². The van der Waals surface area contributed by atoms with E-state index in [1.165, 1.54) is 0 Å². The molecule has 4 rings (SSSR count). The molecule has 5 heteroatoms. The van der Waals surface area contributed by atoms with Gasteiger partial charge in [-0.05, 0) is 62.3 Å². The Hall–Kier alpha value is -2.66. The van der Waals surface area contributed by atoms with Crippen molar-refractivity contribution < 1.29 is 13.9 Å². The molecule has 1 saturated heterocycles. The van der Waals surface area contributed by atoms with Crippen molar-refractivity contribution in [2.45, 2.75) is 19.4 Å². The molecule has 0 N–H and O–H groups in total. The van der Waals surface area contributed by atoms with Gasteiger partial charge in [-0.2, -0.15) is 0 Å². The van der Waals surface area contributed by atoms with Gasteiger partial charge in [0.05, 0.1) is 13.7 Å². The molecule has 2 aromatic carbocycles. The van der Waals surface area contributed by atoms with Crippen molar-refractivity contribution in [3.05, 3.63) is 60.0 Å². The van der Waals surface area contributed by atoms with Gasteiger partial charge in [-0.25, -0.2) is 4.98 Å². The van der Waals surface area contributed by atoms with Crippen molar-refractivity contribution >= 4 is 16.9 Å². The fourth-order valence-electron chi connectivity index (χ4n) is 3.52. The van der Waals surface area contributed by atoms with Gasteiger partial charge >= 0.3 is 0 Å². The molecule has 0 bridgehead atoms. The minimum Gasteiger partial charge on any atom is -0.497 e. The fraction of sp³-hybridized carbons (Fsp3) is 0.333. The molecule has 0 radical (unpaired) electrons. The SMILES string of the molecule is COc1ccc(C(=O)C2CCN(Cc3nc4ccccc4o3)CC2)cc1. The number of Topliss-reactive ketones (excluding diaryl/α,β-unsaturated/α-hetero) is 1. The molecule has 1 fully saturated rings. The van der Waals surface area contributed by atoms with E-state index >= 15 is 0 Å². The highest BCUT2D eigenvalue weighted by Gasteiger charge is 2.26. The van der Waals surface area contributed by atoms with Crippen LogP contribution in [-0.4, -0.2) is 35.9 Å². The predicted molar refractivity (Wildman–Crippen MR) is 99.3 cm³/mol. The highest BCUT2D eigenvalue weighted by molar-refractivity contribution is 5.98. The van der Waals surface area contributed by atoms with Crippen LogP contribution in [0.5, 0.6) is 5.75 Å². The molecule has 0 amide bonds. The normalized spacial score (nSPS) is 16.0. The molecular formula is C21H22N2O3. The summed E-state index contributed by atoms with van der Waals surface area (Å²) in [5, 5.41) is 0. The first-order valence-corrected chi connectivity index (χ1v) is 8.98. The largest absolute Gasteiger partial charge is 0.497 e. The lowest BCUT2D eigenvalue weighted by Gasteiger charge is -2.30. The quantitative estimate of drug-likeness (QED) is 0.653. The minimum atomic E-state index is 0.0864. The Kier molecular flexibility index (Phi) is 4.71. The molecule has 134 valence electrons. The van der Waals surface area contributed by atoms with Gasteiger partial charge in [0.25, 0.3) is 0 Å². The molecule has 0 unspecified atom stereocenters. The minimum absolute atomic E-state index is 0.0864. The van der Waals surface area contributed by atoms with Gasteiger partial charge in [-0.3, -0.25) is 9.69 Å². The highest BCUT2D eigenvalue weighted by Crippen LogP contribution is 2.24. The number of carbonyl (C=O) groups excluding carboxylic acids is 1. The third-order valence-electron chi connectivity index (χ3n) is 5.03. The summed E-state index contributed by atoms with van der Waals surface area (Å²) >= 11 is 0. The van der Waals surface area contributed by atoms with E-state index in [9.17, 15) is 4.79 Å². The zero-order valence-electron chi connectivity index (χ0n) is 14.9. The fourth-order valence-corrected chi connectivity index (χ4v) is 3.52. The number of fused-ring (bicyclic) bond motifs is 1. The Labute approximate surface area is 152 Å². The van der Waals surface area contributed by atoms with E-state index in [1.807, 2.05) is 48.5 Å². The zero-order chi connectivity index (χ0) is 17.9. The van der Waals surface area contributed by atoms with Crippen LogP contribution in [0.3, 0.4) is 0 Å². The van der Waals surface area contributed by atoms with Crippen LogP contribution in [0.2, 0.25) is 0 Å². The van der Waals surface area contributed by atoms with Crippen LogP contribution in [0.15, 0.2) is 52.9 Å². The molecule has 1 aliphatic rings. The van der Waals surface area contributed by atoms with Gasteiger partial charge in [-0.15, -0.1) is 0 Å². The number of aromatic nitrogens is 1. The van der Waals surface area contributed by atoms with Crippen molar-refractivity contribution in [2.75, 3.05) is 20.2 Å². The lowest BCUT2D eigenvalue weighted by molar-refractivity contribution is 0.0828. The molecule has 0 saturated carbocycles. The Bertz CT molecular complexity index is 860. The summed E-state index contributed by atoms with van der Waals surface area (Å²) in [6.07, 6.45) is 1.73. The number of oxazole rings is 1. The Morgan fingerprint density at radius 2 is 1.88 bits per heavy atom. The second kappa shape index (κ2) is 7.30. The van der Waals surface area contributed by atoms with Crippen LogP contribution in [0.25, 0.3) is 11.1 Å². The van der Waals surface area contributed by atoms with Gasteiger partial charge in [0.2, 0.25) is 5.89 Å². The molecule has 1 aliphatic heterocycles. The van der Waals surface area contributed by atoms with Crippen molar-refractivity contribution in [2.24, 2.45) is 5.92 Å². The van der Waals surface area contributed by atoms with Gasteiger partial charge in [0, 0.05) is 11.5 Å². The third kappa shape index (κ3) is 3.48. The van der Waals surface area contributed by atoms with Crippen molar-refractivity contribution in [3.8, 4) is 5.75 Å². The number of para-hydroxylation sites is 2. The lowest BCUT2D eigenvalue weighted by atomic mass is 9.89. The average molecular weight is 350 g/mol. The number of ketones is 1. The van der Waals surface area contributed by atoms with E-state index in [0.717, 1.165) is 54.2 Å². The predicted octanol–water partition coefficient (Wildman–Crippen LogP) is 3.93. The van der Waals surface area contributed by atoms with E-state index < -0.39 is 0 Å². The topological polar surface area (TPSA) is 55.6 Å². The van der Waals surface area contributed by atoms with E-state index in [1.54, 1.807) is 7.11 Å². The number of carbonyl (C=O) groups is 1. The molecule has 0 aliphatic carbocycles. The number of likely N-dealkylation sites (tertiary alicyclic amines) is 1. The van der Waals surface area contributed by atoms with Crippen LogP contribution in [-0.2, 0) is 6.54 Å². The van der Waals surface area contributed by atoms with Crippen LogP contribution in [0.4, 0.5) is 0 Å². The molecule has 5 nitrogen and oxygen atoms in total. The maximum Gasteiger partial charge on any atom is 0.209 e. The van der Waals surface area contributed by atoms with E-state index in [2.05, 4.69) is 9.88 Å². The molecular weight excluding hydrogens is 328 g/mol. The molecule has 26 heavy (non-hydrogen) atoms. The molecule has 2 heterocycles. The number of nitrogens with zero attached hydrogens (tertiary/aromatic N) is 2. The van der Waals surface area contributed by atoms with Crippen molar-refractivity contribution in [3.63, 3.8) is 0 Å². The zero-order valence-corrected chi connectivity index (χ0v) is 14.9. The first-order valence-electron chi connectivity index (χ1n) is 8.98. The summed E-state index contributed by atoms with van der Waals surface area (Å²) in [6.45, 7) is 2.45. The number of methoxy groups -OCH3 is 1. The number of hydrogen-bond acceptors (Lipinski definition) is 5. The van der Waals surface area contributed by atoms with E-state index in [4.69, 9.17) is 9.15 Å². The third-order valence-corrected chi connectivity index (χ3v) is 5.03. The Morgan fingerprint density at radius 1 is 1.15 bits per heavy atom. The van der Waals surface area contributed by atoms with Crippen LogP contribution < -0.4 is 4.74 Å². The highest BCUT2D eigenvalue weighted by atomic mass is 16.5. The first kappa shape index (κ1) is 16.8. The second-order valence-corrected chi connectivity index (χ2v) is 6.72. The smallest absolute Gasteiger partial charge is 0.209 e. The van der Waals surface area contributed by atoms with Crippen LogP contribution in [0.1, 0.15) is 29.1 Å². The van der Waals surface area contributed by atoms with Gasteiger partial charge < -0.3 is 9.15 Å². The van der Waals surface area contributed by atoms with Crippen molar-refractivity contribution in [1.82, 2.24) is 9.88 Å². The average Bonchev–Trinajstić information content (AvgIpc) is 3.10. The van der Waals surface area contributed by atoms with Crippen molar-refractivity contribution in [1.29, 1.82) is 0 Å². The maximum atomic E-state index is 12.7.